The Morgan fingerprint density at radius 3 is 2.36 bits per heavy atom. The summed E-state index contributed by atoms with van der Waals surface area (Å²) in [5.41, 5.74) is 0.305. The molecule has 1 aliphatic carbocycles. The Kier molecular flexibility index (Phi) is 8.10. The first-order valence-corrected chi connectivity index (χ1v) is 10.9. The molecule has 1 unspecified atom stereocenters. The normalized spacial score (nSPS) is 17.0. The minimum absolute atomic E-state index is 0.0216. The van der Waals surface area contributed by atoms with Crippen LogP contribution in [0.1, 0.15) is 66.2 Å². The first-order valence-electron chi connectivity index (χ1n) is 10.1. The van der Waals surface area contributed by atoms with E-state index in [1.807, 2.05) is 45.0 Å². The molecule has 0 bridgehead atoms. The van der Waals surface area contributed by atoms with Gasteiger partial charge in [0.05, 0.1) is 11.7 Å². The van der Waals surface area contributed by atoms with Crippen molar-refractivity contribution >= 4 is 34.4 Å². The van der Waals surface area contributed by atoms with Crippen LogP contribution >= 0.6 is 11.8 Å². The van der Waals surface area contributed by atoms with Crippen LogP contribution in [0.3, 0.4) is 0 Å². The van der Waals surface area contributed by atoms with E-state index in [2.05, 4.69) is 10.6 Å². The van der Waals surface area contributed by atoms with Crippen LogP contribution < -0.4 is 10.6 Å². The molecule has 2 N–H and O–H groups in total. The van der Waals surface area contributed by atoms with E-state index in [4.69, 9.17) is 0 Å². The third kappa shape index (κ3) is 6.36. The van der Waals surface area contributed by atoms with Crippen LogP contribution in [0.2, 0.25) is 0 Å². The van der Waals surface area contributed by atoms with Gasteiger partial charge in [-0.1, -0.05) is 52.2 Å². The highest BCUT2D eigenvalue weighted by Crippen LogP contribution is 2.38. The predicted octanol–water partition coefficient (Wildman–Crippen LogP) is 4.77. The summed E-state index contributed by atoms with van der Waals surface area (Å²) in [6, 6.07) is 6.83. The van der Waals surface area contributed by atoms with Crippen molar-refractivity contribution in [3.63, 3.8) is 0 Å². The third-order valence-electron chi connectivity index (χ3n) is 5.22. The number of hydrogen-bond donors (Lipinski definition) is 2. The van der Waals surface area contributed by atoms with Gasteiger partial charge < -0.3 is 10.6 Å². The van der Waals surface area contributed by atoms with E-state index in [1.54, 1.807) is 0 Å². The molecule has 1 aromatic carbocycles. The molecule has 154 valence electrons. The van der Waals surface area contributed by atoms with Crippen LogP contribution in [0, 0.1) is 11.3 Å². The van der Waals surface area contributed by atoms with Gasteiger partial charge in [0.2, 0.25) is 16.9 Å². The fraction of sp³-hybridized carbons (Fsp3) is 0.591. The largest absolute Gasteiger partial charge is 0.346 e. The Bertz CT molecular complexity index is 711. The summed E-state index contributed by atoms with van der Waals surface area (Å²) in [6.45, 7) is 7.49. The summed E-state index contributed by atoms with van der Waals surface area (Å²) >= 11 is 1.08. The first-order chi connectivity index (χ1) is 13.2. The third-order valence-corrected chi connectivity index (χ3v) is 6.28. The molecule has 1 aromatic rings. The number of hydrogen-bond acceptors (Lipinski definition) is 4. The Labute approximate surface area is 172 Å². The Hall–Kier alpha value is -1.82. The number of anilines is 1. The molecule has 28 heavy (non-hydrogen) atoms. The number of carbonyl (C=O) groups is 3. The average Bonchev–Trinajstić information content (AvgIpc) is 2.62. The lowest BCUT2D eigenvalue weighted by molar-refractivity contribution is -0.126. The van der Waals surface area contributed by atoms with Crippen LogP contribution in [-0.2, 0) is 14.4 Å². The molecule has 0 spiro atoms. The quantitative estimate of drug-likeness (QED) is 0.642. The molecular weight excluding hydrogens is 372 g/mol. The maximum atomic E-state index is 12.9. The van der Waals surface area contributed by atoms with E-state index in [0.29, 0.717) is 17.0 Å². The standard InChI is InChI=1S/C22H32N2O3S/c1-15(2)14-18(23-16(3)25)20(26)28-19-11-7-6-10-17(19)24-21(27)22(4)12-8-5-9-13-22/h6-7,10-11,15,18H,5,8-9,12-14H2,1-4H3,(H,23,25)(H,24,27). The van der Waals surface area contributed by atoms with Crippen LogP contribution in [0.15, 0.2) is 29.2 Å². The number of amides is 2. The van der Waals surface area contributed by atoms with Crippen molar-refractivity contribution in [2.45, 2.75) is 77.2 Å². The molecule has 1 fully saturated rings. The minimum Gasteiger partial charge on any atom is -0.346 e. The predicted molar refractivity (Wildman–Crippen MR) is 114 cm³/mol. The van der Waals surface area contributed by atoms with Gasteiger partial charge in [0, 0.05) is 17.2 Å². The Morgan fingerprint density at radius 2 is 1.75 bits per heavy atom. The van der Waals surface area contributed by atoms with E-state index >= 15 is 0 Å². The van der Waals surface area contributed by atoms with Gasteiger partial charge in [-0.2, -0.15) is 0 Å². The van der Waals surface area contributed by atoms with Crippen molar-refractivity contribution < 1.29 is 14.4 Å². The summed E-state index contributed by atoms with van der Waals surface area (Å²) in [4.78, 5) is 37.9. The average molecular weight is 405 g/mol. The summed E-state index contributed by atoms with van der Waals surface area (Å²) in [5, 5.41) is 5.68. The first kappa shape index (κ1) is 22.5. The number of thioether (sulfide) groups is 1. The van der Waals surface area contributed by atoms with Crippen LogP contribution in [-0.4, -0.2) is 23.0 Å². The second-order valence-electron chi connectivity index (χ2n) is 8.38. The van der Waals surface area contributed by atoms with Gasteiger partial charge in [0.15, 0.2) is 0 Å². The topological polar surface area (TPSA) is 75.3 Å². The van der Waals surface area contributed by atoms with Gasteiger partial charge in [-0.15, -0.1) is 0 Å². The van der Waals surface area contributed by atoms with E-state index < -0.39 is 6.04 Å². The van der Waals surface area contributed by atoms with Crippen LogP contribution in [0.25, 0.3) is 0 Å². The number of benzene rings is 1. The summed E-state index contributed by atoms with van der Waals surface area (Å²) in [6.07, 6.45) is 5.71. The molecule has 1 saturated carbocycles. The molecule has 2 rings (SSSR count). The zero-order valence-electron chi connectivity index (χ0n) is 17.3. The molecule has 0 saturated heterocycles. The fourth-order valence-corrected chi connectivity index (χ4v) is 4.49. The fourth-order valence-electron chi connectivity index (χ4n) is 3.60. The molecule has 6 heteroatoms. The number of rotatable bonds is 7. The maximum Gasteiger partial charge on any atom is 0.230 e. The van der Waals surface area contributed by atoms with Gasteiger partial charge in [-0.3, -0.25) is 14.4 Å². The summed E-state index contributed by atoms with van der Waals surface area (Å²) in [5.74, 6) is 0.0855. The van der Waals surface area contributed by atoms with Gasteiger partial charge in [0.1, 0.15) is 0 Å². The lowest BCUT2D eigenvalue weighted by atomic mass is 9.75. The molecule has 0 aliphatic heterocycles. The highest BCUT2D eigenvalue weighted by molar-refractivity contribution is 8.14. The van der Waals surface area contributed by atoms with E-state index in [-0.39, 0.29) is 28.3 Å². The van der Waals surface area contributed by atoms with Crippen molar-refractivity contribution in [2.75, 3.05) is 5.32 Å². The SMILES string of the molecule is CC(=O)NC(CC(C)C)C(=O)Sc1ccccc1NC(=O)C1(C)CCCCC1. The zero-order chi connectivity index (χ0) is 20.7. The number of para-hydroxylation sites is 1. The summed E-state index contributed by atoms with van der Waals surface area (Å²) in [7, 11) is 0. The Balaban J connectivity index is 2.13. The second kappa shape index (κ2) is 10.1. The zero-order valence-corrected chi connectivity index (χ0v) is 18.2. The van der Waals surface area contributed by atoms with Gasteiger partial charge in [-0.05, 0) is 49.1 Å². The van der Waals surface area contributed by atoms with Crippen molar-refractivity contribution in [3.05, 3.63) is 24.3 Å². The van der Waals surface area contributed by atoms with E-state index in [0.717, 1.165) is 37.4 Å². The molecule has 5 nitrogen and oxygen atoms in total. The lowest BCUT2D eigenvalue weighted by Crippen LogP contribution is -2.39. The van der Waals surface area contributed by atoms with Crippen LogP contribution in [0.5, 0.6) is 0 Å². The molecule has 2 amide bonds. The number of nitrogens with one attached hydrogen (secondary N) is 2. The molecule has 1 aliphatic rings. The van der Waals surface area contributed by atoms with E-state index in [9.17, 15) is 14.4 Å². The molecule has 1 atom stereocenters. The smallest absolute Gasteiger partial charge is 0.230 e. The number of carbonyl (C=O) groups excluding carboxylic acids is 3. The summed E-state index contributed by atoms with van der Waals surface area (Å²) < 4.78 is 0. The molecule has 0 aromatic heterocycles. The molecule has 0 heterocycles. The second-order valence-corrected chi connectivity index (χ2v) is 9.42. The lowest BCUT2D eigenvalue weighted by Gasteiger charge is -2.32. The highest BCUT2D eigenvalue weighted by Gasteiger charge is 2.35. The molecule has 0 radical (unpaired) electrons. The van der Waals surface area contributed by atoms with Gasteiger partial charge in [-0.25, -0.2) is 0 Å². The molecular formula is C22H32N2O3S. The monoisotopic (exact) mass is 404 g/mol. The van der Waals surface area contributed by atoms with Crippen molar-refractivity contribution in [3.8, 4) is 0 Å². The van der Waals surface area contributed by atoms with Crippen molar-refractivity contribution in [1.29, 1.82) is 0 Å². The van der Waals surface area contributed by atoms with Gasteiger partial charge >= 0.3 is 0 Å². The van der Waals surface area contributed by atoms with E-state index in [1.165, 1.54) is 13.3 Å². The van der Waals surface area contributed by atoms with Crippen molar-refractivity contribution in [1.82, 2.24) is 5.32 Å². The minimum atomic E-state index is -0.540. The maximum absolute atomic E-state index is 12.9. The van der Waals surface area contributed by atoms with Crippen LogP contribution in [0.4, 0.5) is 5.69 Å². The van der Waals surface area contributed by atoms with Crippen molar-refractivity contribution in [2.24, 2.45) is 11.3 Å². The highest BCUT2D eigenvalue weighted by atomic mass is 32.2. The van der Waals surface area contributed by atoms with Gasteiger partial charge in [0.25, 0.3) is 0 Å². The Morgan fingerprint density at radius 1 is 1.11 bits per heavy atom.